The molecule has 1 rings (SSSR count). The highest BCUT2D eigenvalue weighted by atomic mass is 32.2. The Hall–Kier alpha value is -1.23. The average molecular weight is 296 g/mol. The number of hydrogen-bond donors (Lipinski definition) is 3. The summed E-state index contributed by atoms with van der Waals surface area (Å²) >= 11 is 0. The maximum atomic E-state index is 11.2. The number of hydrogen-bond acceptors (Lipinski definition) is 6. The van der Waals surface area contributed by atoms with Crippen molar-refractivity contribution in [2.45, 2.75) is 6.10 Å². The number of aliphatic carboxylic acids is 1. The molecule has 1 saturated heterocycles. The summed E-state index contributed by atoms with van der Waals surface area (Å²) < 4.78 is 29.7. The number of β-amino-alcohol motifs (C(OH)–C–C–N with tert-alkyl or cyclic N) is 1. The number of carboxylic acids is 1. The molecule has 1 aliphatic rings. The summed E-state index contributed by atoms with van der Waals surface area (Å²) in [5, 5.41) is 18.0. The predicted molar refractivity (Wildman–Crippen MR) is 63.1 cm³/mol. The fourth-order valence-corrected chi connectivity index (χ4v) is 2.45. The number of aliphatic hydroxyl groups is 1. The lowest BCUT2D eigenvalue weighted by molar-refractivity contribution is -0.156. The molecule has 19 heavy (non-hydrogen) atoms. The van der Waals surface area contributed by atoms with Crippen molar-refractivity contribution in [3.05, 3.63) is 0 Å². The minimum absolute atomic E-state index is 0.0366. The summed E-state index contributed by atoms with van der Waals surface area (Å²) in [4.78, 5) is 24.5. The molecule has 3 N–H and O–H groups in total. The van der Waals surface area contributed by atoms with Gasteiger partial charge in [-0.25, -0.2) is 4.79 Å². The number of piperazine rings is 1. The van der Waals surface area contributed by atoms with Crippen molar-refractivity contribution >= 4 is 22.0 Å². The molecule has 1 aliphatic heterocycles. The topological polar surface area (TPSA) is 135 Å². The van der Waals surface area contributed by atoms with E-state index >= 15 is 0 Å². The van der Waals surface area contributed by atoms with Gasteiger partial charge < -0.3 is 15.1 Å². The van der Waals surface area contributed by atoms with E-state index in [1.807, 2.05) is 0 Å². The molecule has 1 amide bonds. The normalized spacial score (nSPS) is 19.2. The number of amides is 1. The average Bonchev–Trinajstić information content (AvgIpc) is 2.26. The van der Waals surface area contributed by atoms with Crippen LogP contribution in [0.15, 0.2) is 0 Å². The number of rotatable bonds is 4. The molecule has 0 bridgehead atoms. The molecule has 9 nitrogen and oxygen atoms in total. The van der Waals surface area contributed by atoms with Gasteiger partial charge in [-0.3, -0.25) is 14.2 Å². The molecule has 0 saturated carbocycles. The van der Waals surface area contributed by atoms with Crippen LogP contribution in [0, 0.1) is 0 Å². The zero-order valence-electron chi connectivity index (χ0n) is 10.1. The zero-order valence-corrected chi connectivity index (χ0v) is 10.9. The van der Waals surface area contributed by atoms with Crippen molar-refractivity contribution in [2.24, 2.45) is 0 Å². The Kier molecular flexibility index (Phi) is 5.23. The quantitative estimate of drug-likeness (QED) is 0.381. The fraction of sp³-hybridized carbons (Fsp3) is 0.778. The Labute approximate surface area is 110 Å². The van der Waals surface area contributed by atoms with Gasteiger partial charge in [-0.1, -0.05) is 0 Å². The molecular weight excluding hydrogens is 280 g/mol. The van der Waals surface area contributed by atoms with Crippen LogP contribution in [0.3, 0.4) is 0 Å². The van der Waals surface area contributed by atoms with Crippen LogP contribution in [-0.4, -0.2) is 89.4 Å². The summed E-state index contributed by atoms with van der Waals surface area (Å²) in [5.41, 5.74) is 0. The van der Waals surface area contributed by atoms with Crippen molar-refractivity contribution < 1.29 is 32.8 Å². The molecule has 0 spiro atoms. The summed E-state index contributed by atoms with van der Waals surface area (Å²) in [6.45, 7) is 1.10. The molecule has 1 atom stereocenters. The standard InChI is InChI=1S/C9H16N2O7S/c12-7(6-19(16,17)18)5-10-1-3-11(4-2-10)8(13)9(14)15/h7,12H,1-6H2,(H,14,15)(H,16,17,18). The first kappa shape index (κ1) is 15.8. The van der Waals surface area contributed by atoms with Gasteiger partial charge in [0.1, 0.15) is 5.75 Å². The Bertz CT molecular complexity index is 441. The van der Waals surface area contributed by atoms with E-state index < -0.39 is 33.9 Å². The lowest BCUT2D eigenvalue weighted by atomic mass is 10.2. The van der Waals surface area contributed by atoms with Gasteiger partial charge in [0.05, 0.1) is 6.10 Å². The van der Waals surface area contributed by atoms with Gasteiger partial charge in [-0.15, -0.1) is 0 Å². The van der Waals surface area contributed by atoms with Gasteiger partial charge in [0.2, 0.25) is 0 Å². The van der Waals surface area contributed by atoms with E-state index in [1.54, 1.807) is 4.90 Å². The molecule has 0 aromatic carbocycles. The molecular formula is C9H16N2O7S. The lowest BCUT2D eigenvalue weighted by Gasteiger charge is -2.34. The minimum atomic E-state index is -4.23. The van der Waals surface area contributed by atoms with E-state index in [2.05, 4.69) is 0 Å². The van der Waals surface area contributed by atoms with Crippen molar-refractivity contribution in [3.63, 3.8) is 0 Å². The van der Waals surface area contributed by atoms with Crippen molar-refractivity contribution in [1.29, 1.82) is 0 Å². The highest BCUT2D eigenvalue weighted by Crippen LogP contribution is 2.04. The van der Waals surface area contributed by atoms with Crippen LogP contribution in [0.5, 0.6) is 0 Å². The van der Waals surface area contributed by atoms with Crippen LogP contribution in [0.4, 0.5) is 0 Å². The second kappa shape index (κ2) is 6.28. The zero-order chi connectivity index (χ0) is 14.6. The Morgan fingerprint density at radius 3 is 2.11 bits per heavy atom. The van der Waals surface area contributed by atoms with Crippen LogP contribution >= 0.6 is 0 Å². The molecule has 110 valence electrons. The largest absolute Gasteiger partial charge is 0.474 e. The third kappa shape index (κ3) is 5.51. The molecule has 10 heteroatoms. The first-order valence-corrected chi connectivity index (χ1v) is 7.18. The van der Waals surface area contributed by atoms with Gasteiger partial charge >= 0.3 is 11.9 Å². The smallest absolute Gasteiger partial charge is 0.394 e. The van der Waals surface area contributed by atoms with Crippen molar-refractivity contribution in [2.75, 3.05) is 38.5 Å². The number of carbonyl (C=O) groups excluding carboxylic acids is 1. The number of carbonyl (C=O) groups is 2. The molecule has 1 fully saturated rings. The third-order valence-corrected chi connectivity index (χ3v) is 3.52. The van der Waals surface area contributed by atoms with Crippen LogP contribution in [0.1, 0.15) is 0 Å². The highest BCUT2D eigenvalue weighted by Gasteiger charge is 2.26. The molecule has 1 unspecified atom stereocenters. The van der Waals surface area contributed by atoms with Crippen LogP contribution < -0.4 is 0 Å². The summed E-state index contributed by atoms with van der Waals surface area (Å²) in [5.74, 6) is -3.24. The number of aliphatic hydroxyl groups excluding tert-OH is 1. The predicted octanol–water partition coefficient (Wildman–Crippen LogP) is -2.54. The molecule has 0 aliphatic carbocycles. The number of carboxylic acid groups (broad SMARTS) is 1. The third-order valence-electron chi connectivity index (χ3n) is 2.71. The van der Waals surface area contributed by atoms with E-state index in [0.29, 0.717) is 13.1 Å². The van der Waals surface area contributed by atoms with Crippen LogP contribution in [-0.2, 0) is 19.7 Å². The molecule has 0 radical (unpaired) electrons. The SMILES string of the molecule is O=C(O)C(=O)N1CCN(CC(O)CS(=O)(=O)O)CC1. The second-order valence-electron chi connectivity index (χ2n) is 4.30. The van der Waals surface area contributed by atoms with E-state index in [0.717, 1.165) is 0 Å². The van der Waals surface area contributed by atoms with E-state index in [4.69, 9.17) is 9.66 Å². The summed E-state index contributed by atoms with van der Waals surface area (Å²) in [6.07, 6.45) is -1.23. The van der Waals surface area contributed by atoms with Gasteiger partial charge in [0, 0.05) is 32.7 Å². The summed E-state index contributed by atoms with van der Waals surface area (Å²) in [7, 11) is -4.23. The highest BCUT2D eigenvalue weighted by molar-refractivity contribution is 7.85. The van der Waals surface area contributed by atoms with Gasteiger partial charge in [-0.05, 0) is 0 Å². The van der Waals surface area contributed by atoms with E-state index in [1.165, 1.54) is 4.90 Å². The first-order valence-electron chi connectivity index (χ1n) is 5.57. The number of nitrogens with zero attached hydrogens (tertiary/aromatic N) is 2. The Morgan fingerprint density at radius 1 is 1.16 bits per heavy atom. The maximum Gasteiger partial charge on any atom is 0.394 e. The van der Waals surface area contributed by atoms with E-state index in [-0.39, 0.29) is 19.6 Å². The Morgan fingerprint density at radius 2 is 1.68 bits per heavy atom. The lowest BCUT2D eigenvalue weighted by Crippen LogP contribution is -2.52. The Balaban J connectivity index is 2.38. The van der Waals surface area contributed by atoms with Gasteiger partial charge in [0.25, 0.3) is 10.1 Å². The van der Waals surface area contributed by atoms with E-state index in [9.17, 15) is 23.1 Å². The van der Waals surface area contributed by atoms with Gasteiger partial charge in [0.15, 0.2) is 0 Å². The second-order valence-corrected chi connectivity index (χ2v) is 5.80. The van der Waals surface area contributed by atoms with Crippen LogP contribution in [0.25, 0.3) is 0 Å². The minimum Gasteiger partial charge on any atom is -0.474 e. The monoisotopic (exact) mass is 296 g/mol. The van der Waals surface area contributed by atoms with Crippen LogP contribution in [0.2, 0.25) is 0 Å². The molecule has 0 aromatic heterocycles. The van der Waals surface area contributed by atoms with Crippen molar-refractivity contribution in [3.8, 4) is 0 Å². The molecule has 0 aromatic rings. The molecule has 1 heterocycles. The summed E-state index contributed by atoms with van der Waals surface area (Å²) in [6, 6.07) is 0. The first-order chi connectivity index (χ1) is 8.69. The maximum absolute atomic E-state index is 11.2. The fourth-order valence-electron chi connectivity index (χ4n) is 1.86. The van der Waals surface area contributed by atoms with Gasteiger partial charge in [-0.2, -0.15) is 8.42 Å². The van der Waals surface area contributed by atoms with Crippen molar-refractivity contribution in [1.82, 2.24) is 9.80 Å².